The molecule has 1 saturated heterocycles. The topological polar surface area (TPSA) is 41.1 Å². The molecule has 0 aliphatic carbocycles. The van der Waals surface area contributed by atoms with E-state index in [-0.39, 0.29) is 11.2 Å². The summed E-state index contributed by atoms with van der Waals surface area (Å²) in [7, 11) is 0. The SMILES string of the molecule is CC(C)(C)c1nsc(N2CCC(Nc3ccccc3F)CC2)n1. The number of nitrogens with zero attached hydrogens (tertiary/aromatic N) is 3. The van der Waals surface area contributed by atoms with E-state index in [1.54, 1.807) is 12.1 Å². The molecule has 23 heavy (non-hydrogen) atoms. The zero-order valence-corrected chi connectivity index (χ0v) is 14.7. The van der Waals surface area contributed by atoms with E-state index in [2.05, 4.69) is 40.3 Å². The van der Waals surface area contributed by atoms with Gasteiger partial charge in [0.25, 0.3) is 0 Å². The normalized spacial score (nSPS) is 16.6. The number of para-hydroxylation sites is 1. The predicted octanol–water partition coefficient (Wildman–Crippen LogP) is 4.06. The van der Waals surface area contributed by atoms with Crippen LogP contribution in [0.3, 0.4) is 0 Å². The Bertz CT molecular complexity index is 657. The predicted molar refractivity (Wildman–Crippen MR) is 93.9 cm³/mol. The van der Waals surface area contributed by atoms with Crippen LogP contribution in [0.15, 0.2) is 24.3 Å². The third-order valence-corrected chi connectivity index (χ3v) is 4.86. The Morgan fingerprint density at radius 2 is 1.91 bits per heavy atom. The van der Waals surface area contributed by atoms with Crippen LogP contribution in [0.5, 0.6) is 0 Å². The van der Waals surface area contributed by atoms with Gasteiger partial charge < -0.3 is 10.2 Å². The van der Waals surface area contributed by atoms with Crippen molar-refractivity contribution in [1.29, 1.82) is 0 Å². The monoisotopic (exact) mass is 334 g/mol. The number of halogens is 1. The fourth-order valence-electron chi connectivity index (χ4n) is 2.66. The molecule has 0 bridgehead atoms. The van der Waals surface area contributed by atoms with Gasteiger partial charge in [-0.3, -0.25) is 0 Å². The summed E-state index contributed by atoms with van der Waals surface area (Å²) < 4.78 is 18.2. The lowest BCUT2D eigenvalue weighted by molar-refractivity contribution is 0.518. The minimum Gasteiger partial charge on any atom is -0.380 e. The molecule has 1 fully saturated rings. The van der Waals surface area contributed by atoms with Gasteiger partial charge in [0.1, 0.15) is 11.6 Å². The molecule has 124 valence electrons. The lowest BCUT2D eigenvalue weighted by Crippen LogP contribution is -2.39. The van der Waals surface area contributed by atoms with Crippen molar-refractivity contribution < 1.29 is 4.39 Å². The van der Waals surface area contributed by atoms with Gasteiger partial charge in [0, 0.05) is 36.1 Å². The second kappa shape index (κ2) is 6.43. The Morgan fingerprint density at radius 3 is 2.52 bits per heavy atom. The summed E-state index contributed by atoms with van der Waals surface area (Å²) in [6.07, 6.45) is 1.94. The summed E-state index contributed by atoms with van der Waals surface area (Å²) in [6, 6.07) is 7.16. The van der Waals surface area contributed by atoms with Gasteiger partial charge in [0.15, 0.2) is 0 Å². The number of aromatic nitrogens is 2. The molecule has 1 aromatic carbocycles. The first-order chi connectivity index (χ1) is 10.9. The molecule has 2 aromatic rings. The summed E-state index contributed by atoms with van der Waals surface area (Å²) >= 11 is 1.48. The van der Waals surface area contributed by atoms with E-state index >= 15 is 0 Å². The zero-order valence-electron chi connectivity index (χ0n) is 13.8. The van der Waals surface area contributed by atoms with Crippen LogP contribution in [-0.4, -0.2) is 28.5 Å². The number of rotatable bonds is 3. The zero-order chi connectivity index (χ0) is 16.4. The number of nitrogens with one attached hydrogen (secondary N) is 1. The first-order valence-electron chi connectivity index (χ1n) is 8.04. The van der Waals surface area contributed by atoms with E-state index in [1.807, 2.05) is 6.07 Å². The van der Waals surface area contributed by atoms with E-state index in [0.29, 0.717) is 11.7 Å². The molecule has 1 aromatic heterocycles. The molecule has 0 saturated carbocycles. The Kier molecular flexibility index (Phi) is 4.53. The Morgan fingerprint density at radius 1 is 1.22 bits per heavy atom. The van der Waals surface area contributed by atoms with E-state index in [1.165, 1.54) is 17.6 Å². The summed E-state index contributed by atoms with van der Waals surface area (Å²) in [5.41, 5.74) is 0.580. The molecule has 3 rings (SSSR count). The van der Waals surface area contributed by atoms with Gasteiger partial charge in [0.2, 0.25) is 5.13 Å². The second-order valence-corrected chi connectivity index (χ2v) is 7.77. The van der Waals surface area contributed by atoms with Crippen molar-refractivity contribution in [2.75, 3.05) is 23.3 Å². The highest BCUT2D eigenvalue weighted by Gasteiger charge is 2.25. The maximum absolute atomic E-state index is 13.7. The second-order valence-electron chi connectivity index (χ2n) is 7.04. The first kappa shape index (κ1) is 16.2. The molecule has 0 spiro atoms. The number of hydrogen-bond acceptors (Lipinski definition) is 5. The van der Waals surface area contributed by atoms with Gasteiger partial charge in [-0.2, -0.15) is 4.37 Å². The molecule has 0 unspecified atom stereocenters. The molecule has 0 radical (unpaired) electrons. The summed E-state index contributed by atoms with van der Waals surface area (Å²) in [5.74, 6) is 0.720. The molecule has 0 atom stereocenters. The van der Waals surface area contributed by atoms with Crippen molar-refractivity contribution >= 4 is 22.4 Å². The van der Waals surface area contributed by atoms with Gasteiger partial charge in [-0.05, 0) is 25.0 Å². The minimum atomic E-state index is -0.186. The van der Waals surface area contributed by atoms with Crippen molar-refractivity contribution in [3.05, 3.63) is 35.9 Å². The molecule has 1 aliphatic rings. The fraction of sp³-hybridized carbons (Fsp3) is 0.529. The number of hydrogen-bond donors (Lipinski definition) is 1. The molecule has 1 aliphatic heterocycles. The third-order valence-electron chi connectivity index (χ3n) is 4.09. The standard InChI is InChI=1S/C17H23FN4S/c1-17(2,3)15-20-16(23-21-15)22-10-8-12(9-11-22)19-14-7-5-4-6-13(14)18/h4-7,12,19H,8-11H2,1-3H3. The average molecular weight is 334 g/mol. The summed E-state index contributed by atoms with van der Waals surface area (Å²) in [4.78, 5) is 6.97. The van der Waals surface area contributed by atoms with Crippen molar-refractivity contribution in [2.24, 2.45) is 0 Å². The maximum atomic E-state index is 13.7. The number of piperidine rings is 1. The van der Waals surface area contributed by atoms with Crippen LogP contribution in [0, 0.1) is 5.82 Å². The quantitative estimate of drug-likeness (QED) is 0.919. The van der Waals surface area contributed by atoms with E-state index in [4.69, 9.17) is 0 Å². The number of anilines is 2. The van der Waals surface area contributed by atoms with Crippen LogP contribution in [-0.2, 0) is 5.41 Å². The van der Waals surface area contributed by atoms with Gasteiger partial charge in [-0.25, -0.2) is 9.37 Å². The lowest BCUT2D eigenvalue weighted by atomic mass is 9.96. The fourth-order valence-corrected chi connectivity index (χ4v) is 3.57. The Hall–Kier alpha value is -1.69. The summed E-state index contributed by atoms with van der Waals surface area (Å²) in [5, 5.41) is 4.32. The van der Waals surface area contributed by atoms with Gasteiger partial charge in [-0.1, -0.05) is 32.9 Å². The van der Waals surface area contributed by atoms with Crippen LogP contribution in [0.4, 0.5) is 15.2 Å². The van der Waals surface area contributed by atoms with Crippen molar-refractivity contribution in [3.63, 3.8) is 0 Å². The van der Waals surface area contributed by atoms with Crippen molar-refractivity contribution in [2.45, 2.75) is 45.1 Å². The molecule has 2 heterocycles. The highest BCUT2D eigenvalue weighted by atomic mass is 32.1. The van der Waals surface area contributed by atoms with Crippen LogP contribution >= 0.6 is 11.5 Å². The minimum absolute atomic E-state index is 0.0144. The molecule has 6 heteroatoms. The molecule has 0 amide bonds. The van der Waals surface area contributed by atoms with Crippen LogP contribution in [0.1, 0.15) is 39.4 Å². The molecular formula is C17H23FN4S. The molecular weight excluding hydrogens is 311 g/mol. The molecule has 1 N–H and O–H groups in total. The largest absolute Gasteiger partial charge is 0.380 e. The molecule has 4 nitrogen and oxygen atoms in total. The van der Waals surface area contributed by atoms with Gasteiger partial charge in [-0.15, -0.1) is 0 Å². The highest BCUT2D eigenvalue weighted by molar-refractivity contribution is 7.09. The van der Waals surface area contributed by atoms with Crippen LogP contribution in [0.25, 0.3) is 0 Å². The van der Waals surface area contributed by atoms with Crippen LogP contribution < -0.4 is 10.2 Å². The van der Waals surface area contributed by atoms with Gasteiger partial charge >= 0.3 is 0 Å². The van der Waals surface area contributed by atoms with Gasteiger partial charge in [0.05, 0.1) is 5.69 Å². The van der Waals surface area contributed by atoms with Crippen molar-refractivity contribution in [3.8, 4) is 0 Å². The highest BCUT2D eigenvalue weighted by Crippen LogP contribution is 2.28. The summed E-state index contributed by atoms with van der Waals surface area (Å²) in [6.45, 7) is 8.23. The number of benzene rings is 1. The third kappa shape index (κ3) is 3.80. The Balaban J connectivity index is 1.58. The smallest absolute Gasteiger partial charge is 0.205 e. The lowest BCUT2D eigenvalue weighted by Gasteiger charge is -2.32. The Labute approximate surface area is 140 Å². The first-order valence-corrected chi connectivity index (χ1v) is 8.81. The van der Waals surface area contributed by atoms with E-state index in [0.717, 1.165) is 36.9 Å². The van der Waals surface area contributed by atoms with Crippen molar-refractivity contribution in [1.82, 2.24) is 9.36 Å². The average Bonchev–Trinajstić information content (AvgIpc) is 3.00. The maximum Gasteiger partial charge on any atom is 0.205 e. The van der Waals surface area contributed by atoms with Crippen LogP contribution in [0.2, 0.25) is 0 Å². The van der Waals surface area contributed by atoms with E-state index < -0.39 is 0 Å². The van der Waals surface area contributed by atoms with E-state index in [9.17, 15) is 4.39 Å².